The molecule has 20 heavy (non-hydrogen) atoms. The fraction of sp³-hybridized carbons (Fsp3) is 0.533. The molecule has 5 heteroatoms. The Labute approximate surface area is 129 Å². The number of alkyl halides is 1. The highest BCUT2D eigenvalue weighted by atomic mass is 79.9. The molecule has 0 saturated carbocycles. The minimum atomic E-state index is -0.193. The van der Waals surface area contributed by atoms with Crippen molar-refractivity contribution >= 4 is 27.5 Å². The zero-order chi connectivity index (χ0) is 15.2. The van der Waals surface area contributed by atoms with Crippen molar-refractivity contribution in [2.45, 2.75) is 31.5 Å². The summed E-state index contributed by atoms with van der Waals surface area (Å²) in [7, 11) is 1.49. The van der Waals surface area contributed by atoms with Gasteiger partial charge in [-0.25, -0.2) is 0 Å². The van der Waals surface area contributed by atoms with Gasteiger partial charge in [-0.1, -0.05) is 22.0 Å². The van der Waals surface area contributed by atoms with E-state index in [2.05, 4.69) is 35.1 Å². The number of hydrogen-bond acceptors (Lipinski definition) is 3. The van der Waals surface area contributed by atoms with Gasteiger partial charge in [0.2, 0.25) is 5.91 Å². The summed E-state index contributed by atoms with van der Waals surface area (Å²) in [4.78, 5) is 11.6. The molecule has 0 aromatic heterocycles. The van der Waals surface area contributed by atoms with Gasteiger partial charge in [-0.2, -0.15) is 0 Å². The molecule has 0 saturated heterocycles. The molecule has 1 aromatic carbocycles. The predicted molar refractivity (Wildman–Crippen MR) is 84.8 cm³/mol. The van der Waals surface area contributed by atoms with Crippen LogP contribution in [0.15, 0.2) is 18.2 Å². The van der Waals surface area contributed by atoms with Gasteiger partial charge in [0.1, 0.15) is 12.4 Å². The van der Waals surface area contributed by atoms with E-state index in [0.29, 0.717) is 18.0 Å². The summed E-state index contributed by atoms with van der Waals surface area (Å²) in [5, 5.41) is 2.79. The Balaban J connectivity index is 2.92. The molecule has 0 radical (unpaired) electrons. The van der Waals surface area contributed by atoms with Crippen molar-refractivity contribution in [3.05, 3.63) is 23.8 Å². The number of halogens is 1. The third kappa shape index (κ3) is 5.92. The SMILES string of the molecule is CCOc1cc(CC(C)(C)Br)ccc1NC(=O)COC. The van der Waals surface area contributed by atoms with E-state index in [0.717, 1.165) is 12.0 Å². The van der Waals surface area contributed by atoms with Crippen molar-refractivity contribution < 1.29 is 14.3 Å². The van der Waals surface area contributed by atoms with Crippen LogP contribution in [0.4, 0.5) is 5.69 Å². The second kappa shape index (κ2) is 7.64. The average molecular weight is 344 g/mol. The molecule has 0 spiro atoms. The number of carbonyl (C=O) groups is 1. The van der Waals surface area contributed by atoms with Crippen LogP contribution in [0.3, 0.4) is 0 Å². The first-order valence-corrected chi connectivity index (χ1v) is 7.38. The van der Waals surface area contributed by atoms with Crippen LogP contribution in [0.25, 0.3) is 0 Å². The molecule has 1 aromatic rings. The fourth-order valence-corrected chi connectivity index (χ4v) is 2.18. The Bertz CT molecular complexity index is 455. The van der Waals surface area contributed by atoms with Crippen molar-refractivity contribution in [3.8, 4) is 5.75 Å². The molecule has 1 rings (SSSR count). The van der Waals surface area contributed by atoms with Gasteiger partial charge in [0, 0.05) is 11.4 Å². The third-order valence-electron chi connectivity index (χ3n) is 2.52. The fourth-order valence-electron chi connectivity index (χ4n) is 1.86. The van der Waals surface area contributed by atoms with Crippen LogP contribution in [0.5, 0.6) is 5.75 Å². The summed E-state index contributed by atoms with van der Waals surface area (Å²) in [6.45, 7) is 6.72. The average Bonchev–Trinajstić information content (AvgIpc) is 2.31. The van der Waals surface area contributed by atoms with Crippen LogP contribution in [-0.4, -0.2) is 30.6 Å². The second-order valence-electron chi connectivity index (χ2n) is 5.14. The van der Waals surface area contributed by atoms with Crippen LogP contribution in [-0.2, 0) is 16.0 Å². The number of hydrogen-bond donors (Lipinski definition) is 1. The highest BCUT2D eigenvalue weighted by Crippen LogP contribution is 2.29. The van der Waals surface area contributed by atoms with E-state index in [4.69, 9.17) is 9.47 Å². The molecule has 1 N–H and O–H groups in total. The zero-order valence-electron chi connectivity index (χ0n) is 12.5. The van der Waals surface area contributed by atoms with Crippen LogP contribution in [0, 0.1) is 0 Å². The van der Waals surface area contributed by atoms with E-state index in [-0.39, 0.29) is 16.8 Å². The quantitative estimate of drug-likeness (QED) is 0.772. The summed E-state index contributed by atoms with van der Waals surface area (Å²) in [6.07, 6.45) is 0.874. The number of benzene rings is 1. The minimum absolute atomic E-state index is 0.0251. The number of ether oxygens (including phenoxy) is 2. The van der Waals surface area contributed by atoms with Crippen molar-refractivity contribution in [1.82, 2.24) is 0 Å². The lowest BCUT2D eigenvalue weighted by molar-refractivity contribution is -0.119. The van der Waals surface area contributed by atoms with Gasteiger partial charge < -0.3 is 14.8 Å². The maximum absolute atomic E-state index is 11.6. The molecule has 4 nitrogen and oxygen atoms in total. The van der Waals surface area contributed by atoms with E-state index in [1.165, 1.54) is 7.11 Å². The van der Waals surface area contributed by atoms with Gasteiger partial charge in [0.15, 0.2) is 0 Å². The number of methoxy groups -OCH3 is 1. The summed E-state index contributed by atoms with van der Waals surface area (Å²) in [5.41, 5.74) is 1.82. The molecule has 112 valence electrons. The Hall–Kier alpha value is -1.07. The first-order chi connectivity index (χ1) is 9.35. The maximum Gasteiger partial charge on any atom is 0.250 e. The van der Waals surface area contributed by atoms with Gasteiger partial charge in [-0.3, -0.25) is 4.79 Å². The Morgan fingerprint density at radius 1 is 1.40 bits per heavy atom. The van der Waals surface area contributed by atoms with Gasteiger partial charge in [0.05, 0.1) is 12.3 Å². The standard InChI is InChI=1S/C15H22BrNO3/c1-5-20-13-8-11(9-15(2,3)16)6-7-12(13)17-14(18)10-19-4/h6-8H,5,9-10H2,1-4H3,(H,17,18). The largest absolute Gasteiger partial charge is 0.492 e. The van der Waals surface area contributed by atoms with E-state index in [1.807, 2.05) is 25.1 Å². The zero-order valence-corrected chi connectivity index (χ0v) is 14.0. The minimum Gasteiger partial charge on any atom is -0.492 e. The molecule has 0 aliphatic rings. The molecule has 0 atom stereocenters. The Morgan fingerprint density at radius 2 is 2.10 bits per heavy atom. The monoisotopic (exact) mass is 343 g/mol. The van der Waals surface area contributed by atoms with Crippen LogP contribution in [0.1, 0.15) is 26.3 Å². The highest BCUT2D eigenvalue weighted by molar-refractivity contribution is 9.10. The van der Waals surface area contributed by atoms with E-state index < -0.39 is 0 Å². The number of nitrogens with one attached hydrogen (secondary N) is 1. The van der Waals surface area contributed by atoms with Crippen LogP contribution < -0.4 is 10.1 Å². The molecule has 0 aliphatic carbocycles. The first-order valence-electron chi connectivity index (χ1n) is 6.59. The first kappa shape index (κ1) is 17.0. The smallest absolute Gasteiger partial charge is 0.250 e. The molecular weight excluding hydrogens is 322 g/mol. The molecule has 0 bridgehead atoms. The van der Waals surface area contributed by atoms with E-state index in [9.17, 15) is 4.79 Å². The number of carbonyl (C=O) groups excluding carboxylic acids is 1. The van der Waals surface area contributed by atoms with E-state index in [1.54, 1.807) is 0 Å². The summed E-state index contributed by atoms with van der Waals surface area (Å²) in [6, 6.07) is 5.83. The van der Waals surface area contributed by atoms with E-state index >= 15 is 0 Å². The topological polar surface area (TPSA) is 47.6 Å². The molecule has 0 heterocycles. The molecule has 0 fully saturated rings. The molecule has 0 unspecified atom stereocenters. The molecular formula is C15H22BrNO3. The maximum atomic E-state index is 11.6. The third-order valence-corrected chi connectivity index (χ3v) is 2.80. The van der Waals surface area contributed by atoms with Crippen LogP contribution in [0.2, 0.25) is 0 Å². The summed E-state index contributed by atoms with van der Waals surface area (Å²) >= 11 is 3.63. The Kier molecular flexibility index (Phi) is 6.49. The lowest BCUT2D eigenvalue weighted by Crippen LogP contribution is -2.18. The van der Waals surface area contributed by atoms with Crippen molar-refractivity contribution in [1.29, 1.82) is 0 Å². The van der Waals surface area contributed by atoms with Crippen LogP contribution >= 0.6 is 15.9 Å². The van der Waals surface area contributed by atoms with Gasteiger partial charge >= 0.3 is 0 Å². The summed E-state index contributed by atoms with van der Waals surface area (Å²) in [5.74, 6) is 0.494. The van der Waals surface area contributed by atoms with Crippen molar-refractivity contribution in [2.75, 3.05) is 25.6 Å². The highest BCUT2D eigenvalue weighted by Gasteiger charge is 2.15. The Morgan fingerprint density at radius 3 is 2.65 bits per heavy atom. The second-order valence-corrected chi connectivity index (χ2v) is 7.29. The van der Waals surface area contributed by atoms with Gasteiger partial charge in [0.25, 0.3) is 0 Å². The lowest BCUT2D eigenvalue weighted by Gasteiger charge is -2.18. The van der Waals surface area contributed by atoms with Crippen molar-refractivity contribution in [3.63, 3.8) is 0 Å². The number of rotatable bonds is 7. The van der Waals surface area contributed by atoms with Crippen molar-refractivity contribution in [2.24, 2.45) is 0 Å². The normalized spacial score (nSPS) is 11.2. The number of amides is 1. The molecule has 1 amide bonds. The predicted octanol–water partition coefficient (Wildman–Crippen LogP) is 3.39. The summed E-state index contributed by atoms with van der Waals surface area (Å²) < 4.78 is 10.4. The lowest BCUT2D eigenvalue weighted by atomic mass is 10.0. The molecule has 0 aliphatic heterocycles. The number of anilines is 1. The van der Waals surface area contributed by atoms with Gasteiger partial charge in [-0.05, 0) is 44.9 Å². The van der Waals surface area contributed by atoms with Gasteiger partial charge in [-0.15, -0.1) is 0 Å².